The maximum absolute atomic E-state index is 12.0. The number of phenols is 1. The van der Waals surface area contributed by atoms with Gasteiger partial charge in [0.15, 0.2) is 5.13 Å². The van der Waals surface area contributed by atoms with Gasteiger partial charge in [-0.05, 0) is 44.5 Å². The summed E-state index contributed by atoms with van der Waals surface area (Å²) < 4.78 is 0. The Labute approximate surface area is 109 Å². The van der Waals surface area contributed by atoms with Gasteiger partial charge in [0.25, 0.3) is 5.91 Å². The lowest BCUT2D eigenvalue weighted by molar-refractivity contribution is 0.102. The van der Waals surface area contributed by atoms with E-state index in [1.165, 1.54) is 17.4 Å². The molecule has 0 bridgehead atoms. The lowest BCUT2D eigenvalue weighted by Crippen LogP contribution is -2.13. The summed E-state index contributed by atoms with van der Waals surface area (Å²) in [6.07, 6.45) is 0. The Morgan fingerprint density at radius 1 is 1.33 bits per heavy atom. The van der Waals surface area contributed by atoms with Crippen LogP contribution in [-0.2, 0) is 0 Å². The molecule has 1 heterocycles. The second kappa shape index (κ2) is 4.78. The molecule has 1 amide bonds. The number of anilines is 1. The number of thiazole rings is 1. The number of benzene rings is 1. The zero-order chi connectivity index (χ0) is 13.3. The minimum atomic E-state index is -0.207. The fourth-order valence-corrected chi connectivity index (χ4v) is 2.40. The molecule has 2 N–H and O–H groups in total. The van der Waals surface area contributed by atoms with Crippen LogP contribution in [0, 0.1) is 20.8 Å². The third kappa shape index (κ3) is 2.51. The highest BCUT2D eigenvalue weighted by atomic mass is 32.1. The monoisotopic (exact) mass is 262 g/mol. The van der Waals surface area contributed by atoms with Crippen molar-refractivity contribution in [3.05, 3.63) is 39.9 Å². The second-order valence-electron chi connectivity index (χ2n) is 4.11. The number of hydrogen-bond acceptors (Lipinski definition) is 4. The van der Waals surface area contributed by atoms with E-state index in [-0.39, 0.29) is 11.7 Å². The van der Waals surface area contributed by atoms with E-state index in [9.17, 15) is 9.90 Å². The maximum Gasteiger partial charge on any atom is 0.257 e. The van der Waals surface area contributed by atoms with Crippen molar-refractivity contribution in [2.45, 2.75) is 20.8 Å². The molecular weight excluding hydrogens is 248 g/mol. The molecule has 0 saturated carbocycles. The van der Waals surface area contributed by atoms with E-state index in [4.69, 9.17) is 0 Å². The minimum absolute atomic E-state index is 0.157. The van der Waals surface area contributed by atoms with E-state index in [0.29, 0.717) is 10.7 Å². The Kier molecular flexibility index (Phi) is 3.34. The van der Waals surface area contributed by atoms with Crippen molar-refractivity contribution in [3.8, 4) is 5.75 Å². The van der Waals surface area contributed by atoms with Crippen molar-refractivity contribution in [1.82, 2.24) is 4.98 Å². The first-order chi connectivity index (χ1) is 8.47. The molecule has 2 aromatic rings. The molecule has 4 nitrogen and oxygen atoms in total. The van der Waals surface area contributed by atoms with Crippen LogP contribution in [0.2, 0.25) is 0 Å². The Bertz CT molecular complexity index is 586. The van der Waals surface area contributed by atoms with Crippen molar-refractivity contribution < 1.29 is 9.90 Å². The number of carbonyl (C=O) groups is 1. The van der Waals surface area contributed by atoms with Crippen LogP contribution in [0.25, 0.3) is 0 Å². The summed E-state index contributed by atoms with van der Waals surface area (Å²) >= 11 is 1.45. The average molecular weight is 262 g/mol. The molecule has 0 unspecified atom stereocenters. The summed E-state index contributed by atoms with van der Waals surface area (Å²) in [6, 6.07) is 4.67. The van der Waals surface area contributed by atoms with Crippen LogP contribution in [0.1, 0.15) is 26.5 Å². The van der Waals surface area contributed by atoms with E-state index >= 15 is 0 Å². The molecule has 18 heavy (non-hydrogen) atoms. The number of aromatic hydroxyl groups is 1. The van der Waals surface area contributed by atoms with Gasteiger partial charge in [-0.1, -0.05) is 0 Å². The average Bonchev–Trinajstić information content (AvgIpc) is 2.57. The third-order valence-corrected chi connectivity index (χ3v) is 3.69. The minimum Gasteiger partial charge on any atom is -0.508 e. The zero-order valence-corrected chi connectivity index (χ0v) is 11.3. The van der Waals surface area contributed by atoms with Gasteiger partial charge in [-0.2, -0.15) is 0 Å². The second-order valence-corrected chi connectivity index (χ2v) is 5.32. The molecule has 0 radical (unpaired) electrons. The molecule has 1 aromatic heterocycles. The molecule has 0 spiro atoms. The van der Waals surface area contributed by atoms with Gasteiger partial charge in [0.2, 0.25) is 0 Å². The highest BCUT2D eigenvalue weighted by molar-refractivity contribution is 7.15. The van der Waals surface area contributed by atoms with Crippen LogP contribution in [0.5, 0.6) is 5.75 Å². The van der Waals surface area contributed by atoms with E-state index in [1.807, 2.05) is 13.8 Å². The van der Waals surface area contributed by atoms with Crippen molar-refractivity contribution in [1.29, 1.82) is 0 Å². The van der Waals surface area contributed by atoms with Crippen molar-refractivity contribution in [3.63, 3.8) is 0 Å². The number of nitrogens with one attached hydrogen (secondary N) is 1. The molecule has 0 saturated heterocycles. The van der Waals surface area contributed by atoms with Crippen LogP contribution >= 0.6 is 11.3 Å². The zero-order valence-electron chi connectivity index (χ0n) is 10.4. The predicted molar refractivity (Wildman–Crippen MR) is 72.4 cm³/mol. The van der Waals surface area contributed by atoms with E-state index < -0.39 is 0 Å². The predicted octanol–water partition coefficient (Wildman–Crippen LogP) is 3.03. The molecule has 0 aliphatic rings. The van der Waals surface area contributed by atoms with Gasteiger partial charge in [-0.3, -0.25) is 10.1 Å². The summed E-state index contributed by atoms with van der Waals surface area (Å²) in [5.41, 5.74) is 2.20. The van der Waals surface area contributed by atoms with Gasteiger partial charge in [0.05, 0.1) is 5.69 Å². The maximum atomic E-state index is 12.0. The van der Waals surface area contributed by atoms with Gasteiger partial charge in [-0.15, -0.1) is 11.3 Å². The molecule has 1 aromatic carbocycles. The number of aryl methyl sites for hydroxylation is 3. The fourth-order valence-electron chi connectivity index (χ4n) is 1.59. The molecule has 0 fully saturated rings. The molecule has 0 atom stereocenters. The van der Waals surface area contributed by atoms with Gasteiger partial charge in [-0.25, -0.2) is 4.98 Å². The van der Waals surface area contributed by atoms with Crippen LogP contribution < -0.4 is 5.32 Å². The highest BCUT2D eigenvalue weighted by Crippen LogP contribution is 2.23. The lowest BCUT2D eigenvalue weighted by Gasteiger charge is -2.05. The van der Waals surface area contributed by atoms with Gasteiger partial charge >= 0.3 is 0 Å². The van der Waals surface area contributed by atoms with Crippen LogP contribution in [0.3, 0.4) is 0 Å². The summed E-state index contributed by atoms with van der Waals surface area (Å²) in [4.78, 5) is 17.4. The van der Waals surface area contributed by atoms with Crippen LogP contribution in [-0.4, -0.2) is 16.0 Å². The van der Waals surface area contributed by atoms with E-state index in [0.717, 1.165) is 16.1 Å². The first-order valence-corrected chi connectivity index (χ1v) is 6.34. The SMILES string of the molecule is Cc1cc(O)ccc1C(=O)Nc1nc(C)c(C)s1. The smallest absolute Gasteiger partial charge is 0.257 e. The number of carbonyl (C=O) groups excluding carboxylic acids is 1. The molecule has 2 rings (SSSR count). The Morgan fingerprint density at radius 3 is 2.61 bits per heavy atom. The molecule has 5 heteroatoms. The molecule has 94 valence electrons. The van der Waals surface area contributed by atoms with Crippen LogP contribution in [0.4, 0.5) is 5.13 Å². The Morgan fingerprint density at radius 2 is 2.06 bits per heavy atom. The van der Waals surface area contributed by atoms with Gasteiger partial charge in [0, 0.05) is 10.4 Å². The molecule has 0 aliphatic heterocycles. The summed E-state index contributed by atoms with van der Waals surface area (Å²) in [6.45, 7) is 5.66. The summed E-state index contributed by atoms with van der Waals surface area (Å²) in [5.74, 6) is -0.0498. The van der Waals surface area contributed by atoms with Gasteiger partial charge in [0.1, 0.15) is 5.75 Å². The summed E-state index contributed by atoms with van der Waals surface area (Å²) in [5, 5.41) is 12.7. The van der Waals surface area contributed by atoms with E-state index in [2.05, 4.69) is 10.3 Å². The first kappa shape index (κ1) is 12.6. The summed E-state index contributed by atoms with van der Waals surface area (Å²) in [7, 11) is 0. The van der Waals surface area contributed by atoms with Crippen molar-refractivity contribution >= 4 is 22.4 Å². The van der Waals surface area contributed by atoms with Crippen molar-refractivity contribution in [2.75, 3.05) is 5.32 Å². The van der Waals surface area contributed by atoms with Crippen molar-refractivity contribution in [2.24, 2.45) is 0 Å². The van der Waals surface area contributed by atoms with E-state index in [1.54, 1.807) is 19.1 Å². The standard InChI is InChI=1S/C13H14N2O2S/c1-7-6-10(16)4-5-11(7)12(17)15-13-14-8(2)9(3)18-13/h4-6,16H,1-3H3,(H,14,15,17). The number of aromatic nitrogens is 1. The van der Waals surface area contributed by atoms with Crippen LogP contribution in [0.15, 0.2) is 18.2 Å². The third-order valence-electron chi connectivity index (χ3n) is 2.70. The number of nitrogens with zero attached hydrogens (tertiary/aromatic N) is 1. The number of hydrogen-bond donors (Lipinski definition) is 2. The Balaban J connectivity index is 2.22. The molecular formula is C13H14N2O2S. The first-order valence-electron chi connectivity index (χ1n) is 5.52. The largest absolute Gasteiger partial charge is 0.508 e. The molecule has 0 aliphatic carbocycles. The normalized spacial score (nSPS) is 10.4. The number of amides is 1. The highest BCUT2D eigenvalue weighted by Gasteiger charge is 2.12. The fraction of sp³-hybridized carbons (Fsp3) is 0.231. The number of phenolic OH excluding ortho intramolecular Hbond substituents is 1. The topological polar surface area (TPSA) is 62.2 Å². The van der Waals surface area contributed by atoms with Gasteiger partial charge < -0.3 is 5.11 Å². The quantitative estimate of drug-likeness (QED) is 0.874. The number of rotatable bonds is 2. The lowest BCUT2D eigenvalue weighted by atomic mass is 10.1. The Hall–Kier alpha value is -1.88.